The average molecular weight is 317 g/mol. The van der Waals surface area contributed by atoms with Gasteiger partial charge in [0.05, 0.1) is 12.2 Å². The van der Waals surface area contributed by atoms with Crippen LogP contribution in [0.4, 0.5) is 10.5 Å². The molecule has 1 aromatic rings. The molecule has 1 aliphatic rings. The molecular formula is C17H23N3O3. The Hall–Kier alpha value is -2.63. The number of carbonyl (C=O) groups is 1. The van der Waals surface area contributed by atoms with E-state index in [0.717, 1.165) is 5.70 Å². The summed E-state index contributed by atoms with van der Waals surface area (Å²) in [5, 5.41) is 12.6. The smallest absolute Gasteiger partial charge is 0.426 e. The summed E-state index contributed by atoms with van der Waals surface area (Å²) in [6, 6.07) is 7.17. The van der Waals surface area contributed by atoms with Gasteiger partial charge in [-0.25, -0.2) is 9.80 Å². The largest absolute Gasteiger partial charge is 0.487 e. The number of nitrogen functional groups attached to an aromatic ring is 1. The lowest BCUT2D eigenvalue weighted by Gasteiger charge is -2.37. The van der Waals surface area contributed by atoms with Gasteiger partial charge in [-0.05, 0) is 24.1 Å². The highest BCUT2D eigenvalue weighted by atomic mass is 16.5. The van der Waals surface area contributed by atoms with Crippen LogP contribution in [0.5, 0.6) is 5.75 Å². The first-order valence-corrected chi connectivity index (χ1v) is 7.59. The molecule has 6 heteroatoms. The minimum absolute atomic E-state index is 0.230. The summed E-state index contributed by atoms with van der Waals surface area (Å²) in [6.07, 6.45) is 4.72. The van der Waals surface area contributed by atoms with Gasteiger partial charge in [-0.2, -0.15) is 0 Å². The molecule has 0 fully saturated rings. The summed E-state index contributed by atoms with van der Waals surface area (Å²) in [5.74, 6) is 0.888. The summed E-state index contributed by atoms with van der Waals surface area (Å²) in [5.41, 5.74) is 7.15. The predicted molar refractivity (Wildman–Crippen MR) is 89.8 cm³/mol. The number of nitrogens with two attached hydrogens (primary N) is 1. The molecule has 1 amide bonds. The minimum atomic E-state index is -0.969. The number of carboxylic acid groups (broad SMARTS) is 1. The zero-order chi connectivity index (χ0) is 16.8. The third-order valence-corrected chi connectivity index (χ3v) is 3.33. The molecule has 0 radical (unpaired) electrons. The summed E-state index contributed by atoms with van der Waals surface area (Å²) in [6.45, 7) is 5.18. The molecule has 2 rings (SSSR count). The molecule has 6 nitrogen and oxygen atoms in total. The first-order valence-electron chi connectivity index (χ1n) is 7.59. The average Bonchev–Trinajstić information content (AvgIpc) is 2.51. The molecule has 1 heterocycles. The Morgan fingerprint density at radius 1 is 1.48 bits per heavy atom. The maximum Gasteiger partial charge on any atom is 0.426 e. The van der Waals surface area contributed by atoms with Crippen molar-refractivity contribution in [3.8, 4) is 5.75 Å². The van der Waals surface area contributed by atoms with Crippen LogP contribution in [0.15, 0.2) is 48.2 Å². The zero-order valence-electron chi connectivity index (χ0n) is 13.5. The lowest BCUT2D eigenvalue weighted by atomic mass is 10.2. The van der Waals surface area contributed by atoms with Crippen molar-refractivity contribution in [3.05, 3.63) is 48.2 Å². The summed E-state index contributed by atoms with van der Waals surface area (Å²) in [7, 11) is 0. The van der Waals surface area contributed by atoms with E-state index in [4.69, 9.17) is 10.5 Å². The van der Waals surface area contributed by atoms with Crippen LogP contribution < -0.4 is 10.5 Å². The summed E-state index contributed by atoms with van der Waals surface area (Å²) in [4.78, 5) is 11.6. The molecule has 0 bridgehead atoms. The molecular weight excluding hydrogens is 294 g/mol. The number of hydrogen-bond donors (Lipinski definition) is 2. The molecule has 0 aliphatic carbocycles. The molecule has 0 saturated heterocycles. The number of allylic oxidation sites excluding steroid dienone is 2. The van der Waals surface area contributed by atoms with E-state index in [0.29, 0.717) is 24.5 Å². The van der Waals surface area contributed by atoms with Crippen LogP contribution in [-0.2, 0) is 0 Å². The quantitative estimate of drug-likeness (QED) is 0.789. The fourth-order valence-electron chi connectivity index (χ4n) is 2.31. The van der Waals surface area contributed by atoms with E-state index >= 15 is 0 Å². The highest BCUT2D eigenvalue weighted by Crippen LogP contribution is 2.19. The fourth-order valence-corrected chi connectivity index (χ4v) is 2.31. The van der Waals surface area contributed by atoms with Gasteiger partial charge in [0.25, 0.3) is 0 Å². The number of benzene rings is 1. The third-order valence-electron chi connectivity index (χ3n) is 3.33. The molecule has 1 aromatic carbocycles. The topological polar surface area (TPSA) is 79.0 Å². The van der Waals surface area contributed by atoms with Crippen molar-refractivity contribution in [1.82, 2.24) is 10.0 Å². The number of amides is 1. The van der Waals surface area contributed by atoms with E-state index in [-0.39, 0.29) is 12.5 Å². The Kier molecular flexibility index (Phi) is 5.51. The number of anilines is 1. The Morgan fingerprint density at radius 2 is 2.26 bits per heavy atom. The van der Waals surface area contributed by atoms with E-state index in [2.05, 4.69) is 0 Å². The minimum Gasteiger partial charge on any atom is -0.487 e. The maximum absolute atomic E-state index is 11.6. The zero-order valence-corrected chi connectivity index (χ0v) is 13.5. The number of rotatable bonds is 6. The van der Waals surface area contributed by atoms with Crippen molar-refractivity contribution in [2.24, 2.45) is 5.92 Å². The first kappa shape index (κ1) is 16.7. The Labute approximate surface area is 136 Å². The molecule has 3 N–H and O–H groups in total. The Balaban J connectivity index is 2.09. The summed E-state index contributed by atoms with van der Waals surface area (Å²) >= 11 is 0. The van der Waals surface area contributed by atoms with E-state index in [1.807, 2.05) is 44.2 Å². The van der Waals surface area contributed by atoms with Crippen molar-refractivity contribution >= 4 is 11.8 Å². The number of nitrogens with zero attached hydrogens (tertiary/aromatic N) is 2. The van der Waals surface area contributed by atoms with E-state index < -0.39 is 6.09 Å². The van der Waals surface area contributed by atoms with Crippen LogP contribution >= 0.6 is 0 Å². The van der Waals surface area contributed by atoms with E-state index in [1.165, 1.54) is 5.01 Å². The maximum atomic E-state index is 11.6. The van der Waals surface area contributed by atoms with Crippen LogP contribution in [0.2, 0.25) is 0 Å². The third kappa shape index (κ3) is 4.67. The van der Waals surface area contributed by atoms with Crippen molar-refractivity contribution in [3.63, 3.8) is 0 Å². The Morgan fingerprint density at radius 3 is 2.91 bits per heavy atom. The van der Waals surface area contributed by atoms with Crippen molar-refractivity contribution in [2.45, 2.75) is 13.8 Å². The van der Waals surface area contributed by atoms with Crippen LogP contribution in [0.1, 0.15) is 13.8 Å². The summed E-state index contributed by atoms with van der Waals surface area (Å²) < 4.78 is 5.75. The molecule has 124 valence electrons. The molecule has 0 atom stereocenters. The van der Waals surface area contributed by atoms with Crippen LogP contribution in [-0.4, -0.2) is 40.9 Å². The Bertz CT molecular complexity index is 611. The normalized spacial score (nSPS) is 13.9. The standard InChI is InChI=1S/C17H23N3O3/c1-13(2)11-20(17(21)22)19-9-4-3-7-15(19)12-23-16-8-5-6-14(18)10-16/h3-8,10,13H,9,11-12,18H2,1-2H3,(H,21,22). The molecule has 0 saturated carbocycles. The van der Waals surface area contributed by atoms with Crippen LogP contribution in [0.25, 0.3) is 0 Å². The van der Waals surface area contributed by atoms with Gasteiger partial charge < -0.3 is 15.6 Å². The number of ether oxygens (including phenoxy) is 1. The second-order valence-electron chi connectivity index (χ2n) is 5.79. The highest BCUT2D eigenvalue weighted by molar-refractivity contribution is 5.64. The van der Waals surface area contributed by atoms with Crippen molar-refractivity contribution in [1.29, 1.82) is 0 Å². The lowest BCUT2D eigenvalue weighted by molar-refractivity contribution is 0.0104. The molecule has 0 unspecified atom stereocenters. The number of hydrazine groups is 1. The predicted octanol–water partition coefficient (Wildman–Crippen LogP) is 2.95. The fraction of sp³-hybridized carbons (Fsp3) is 0.353. The van der Waals surface area contributed by atoms with Crippen molar-refractivity contribution in [2.75, 3.05) is 25.4 Å². The van der Waals surface area contributed by atoms with Gasteiger partial charge in [-0.3, -0.25) is 5.01 Å². The molecule has 0 aromatic heterocycles. The van der Waals surface area contributed by atoms with Gasteiger partial charge in [0, 0.05) is 18.3 Å². The van der Waals surface area contributed by atoms with Crippen molar-refractivity contribution < 1.29 is 14.6 Å². The van der Waals surface area contributed by atoms with Gasteiger partial charge in [0.2, 0.25) is 0 Å². The van der Waals surface area contributed by atoms with E-state index in [1.54, 1.807) is 17.1 Å². The van der Waals surface area contributed by atoms with Gasteiger partial charge in [0.1, 0.15) is 12.4 Å². The van der Waals surface area contributed by atoms with Gasteiger partial charge in [-0.1, -0.05) is 32.1 Å². The first-order chi connectivity index (χ1) is 11.0. The number of hydrogen-bond acceptors (Lipinski definition) is 4. The van der Waals surface area contributed by atoms with Crippen LogP contribution in [0.3, 0.4) is 0 Å². The second kappa shape index (κ2) is 7.58. The van der Waals surface area contributed by atoms with Gasteiger partial charge in [0.15, 0.2) is 0 Å². The van der Waals surface area contributed by atoms with E-state index in [9.17, 15) is 9.90 Å². The highest BCUT2D eigenvalue weighted by Gasteiger charge is 2.24. The van der Waals surface area contributed by atoms with Gasteiger partial charge >= 0.3 is 6.09 Å². The lowest BCUT2D eigenvalue weighted by Crippen LogP contribution is -2.48. The van der Waals surface area contributed by atoms with Crippen LogP contribution in [0, 0.1) is 5.92 Å². The second-order valence-corrected chi connectivity index (χ2v) is 5.79. The SMILES string of the molecule is CC(C)CN(C(=O)O)N1CC=CC=C1COc1cccc(N)c1. The molecule has 0 spiro atoms. The monoisotopic (exact) mass is 317 g/mol. The molecule has 1 aliphatic heterocycles. The van der Waals surface area contributed by atoms with Gasteiger partial charge in [-0.15, -0.1) is 0 Å². The molecule has 23 heavy (non-hydrogen) atoms.